The fourth-order valence-corrected chi connectivity index (χ4v) is 13.2. The molecule has 2 amide bonds. The molecular formula is C59H51F4N9O9. The van der Waals surface area contributed by atoms with Crippen LogP contribution in [-0.2, 0) is 37.8 Å². The Kier molecular flexibility index (Phi) is 12.1. The first kappa shape index (κ1) is 51.7. The molecule has 18 nitrogen and oxygen atoms in total. The number of pyridine rings is 3. The number of phenols is 1. The van der Waals surface area contributed by atoms with Crippen molar-refractivity contribution in [2.75, 3.05) is 56.2 Å². The lowest BCUT2D eigenvalue weighted by Gasteiger charge is -2.42. The van der Waals surface area contributed by atoms with E-state index in [-0.39, 0.29) is 131 Å². The van der Waals surface area contributed by atoms with Crippen molar-refractivity contribution >= 4 is 62.1 Å². The molecule has 0 saturated carbocycles. The van der Waals surface area contributed by atoms with Gasteiger partial charge in [0.05, 0.1) is 63.3 Å². The number of terminal acetylenes is 1. The third-order valence-corrected chi connectivity index (χ3v) is 17.2. The molecule has 3 aromatic carbocycles. The van der Waals surface area contributed by atoms with E-state index in [4.69, 9.17) is 25.6 Å². The fraction of sp³-hybridized carbons (Fsp3) is 0.356. The summed E-state index contributed by atoms with van der Waals surface area (Å²) < 4.78 is 81.9. The molecule has 5 unspecified atom stereocenters. The van der Waals surface area contributed by atoms with Crippen molar-refractivity contribution in [3.63, 3.8) is 0 Å². The van der Waals surface area contributed by atoms with Gasteiger partial charge >= 0.3 is 18.1 Å². The minimum atomic E-state index is -2.02. The maximum atomic E-state index is 17.4. The number of hydrogen-bond acceptors (Lipinski definition) is 15. The molecule has 13 rings (SSSR count). The van der Waals surface area contributed by atoms with Crippen LogP contribution >= 0.6 is 0 Å². The van der Waals surface area contributed by atoms with Gasteiger partial charge in [0.25, 0.3) is 11.5 Å². The molecule has 0 radical (unpaired) electrons. The lowest BCUT2D eigenvalue weighted by molar-refractivity contribution is -0.172. The highest BCUT2D eigenvalue weighted by Gasteiger charge is 2.50. The molecule has 81 heavy (non-hydrogen) atoms. The van der Waals surface area contributed by atoms with Crippen LogP contribution in [0.25, 0.3) is 55.2 Å². The second-order valence-corrected chi connectivity index (χ2v) is 21.9. The molecular weight excluding hydrogens is 1050 g/mol. The first-order chi connectivity index (χ1) is 38.9. The molecule has 4 saturated heterocycles. The van der Waals surface area contributed by atoms with E-state index in [2.05, 4.69) is 32.4 Å². The number of hydrogen-bond donors (Lipinski definition) is 2. The van der Waals surface area contributed by atoms with Crippen LogP contribution in [0.3, 0.4) is 0 Å². The SMILES string of the molecule is C#Cc1c(F)ccc2cc(O)cc(-c3ncc4c(N5CC6CCC(C5)N6C(=O)C(=C)COC(=O)N(C)c5cc6cc7c(nc6cc5F)-c5cc6c(c(=O)n5C7)COC(=O)C6(O)CC)nc(OCC56CCCN5CC(F)C6)nc4c3F)c12. The minimum absolute atomic E-state index is 0.0292. The Hall–Kier alpha value is -8.68. The van der Waals surface area contributed by atoms with Crippen molar-refractivity contribution in [2.45, 2.75) is 88.0 Å². The standard InChI is InChI=1S/C59H51F4N9O9/c1-5-37-42(61)11-8-30-15-36(73)17-38(47(30)37)50-48(63)51-39(21-64-50)52(67-56(66-51)81-28-58-12-7-13-70(58)23-33(60)20-58)69-24-34-9-10-35(25-69)72(34)53(74)29(3)26-80-57(77)68(4)45-16-31-14-32-22-71-46(49(32)65-44(31)19-43(45)62)18-41-40(54(71)75)27-79-55(76)59(41,78)6-2/h1,8,11,14-19,21,33-35,73,78H,3,6-7,9-10,12-13,20,22-28H2,2,4H3. The van der Waals surface area contributed by atoms with Crippen molar-refractivity contribution in [1.82, 2.24) is 34.3 Å². The zero-order valence-corrected chi connectivity index (χ0v) is 43.9. The second kappa shape index (κ2) is 19.0. The molecule has 5 atom stereocenters. The molecule has 4 fully saturated rings. The molecule has 6 aliphatic rings. The summed E-state index contributed by atoms with van der Waals surface area (Å²) in [6.45, 7) is 6.34. The Morgan fingerprint density at radius 2 is 1.79 bits per heavy atom. The van der Waals surface area contributed by atoms with Gasteiger partial charge < -0.3 is 38.8 Å². The highest BCUT2D eigenvalue weighted by atomic mass is 19.1. The van der Waals surface area contributed by atoms with E-state index in [9.17, 15) is 33.8 Å². The number of anilines is 2. The third-order valence-electron chi connectivity index (χ3n) is 17.2. The number of aromatic nitrogens is 5. The summed E-state index contributed by atoms with van der Waals surface area (Å²) >= 11 is 0. The number of alkyl halides is 1. The number of ether oxygens (including phenoxy) is 3. The van der Waals surface area contributed by atoms with E-state index >= 15 is 13.2 Å². The van der Waals surface area contributed by atoms with Crippen LogP contribution in [0.5, 0.6) is 11.8 Å². The number of aromatic hydroxyl groups is 1. The highest BCUT2D eigenvalue weighted by molar-refractivity contribution is 6.03. The van der Waals surface area contributed by atoms with Crippen molar-refractivity contribution in [2.24, 2.45) is 0 Å². The van der Waals surface area contributed by atoms with Gasteiger partial charge in [-0.1, -0.05) is 25.5 Å². The van der Waals surface area contributed by atoms with Crippen LogP contribution in [0.2, 0.25) is 0 Å². The first-order valence-electron chi connectivity index (χ1n) is 26.6. The summed E-state index contributed by atoms with van der Waals surface area (Å²) in [5.74, 6) is -1.40. The van der Waals surface area contributed by atoms with Crippen LogP contribution in [-0.4, -0.2) is 133 Å². The number of rotatable bonds is 10. The second-order valence-electron chi connectivity index (χ2n) is 21.9. The number of benzene rings is 3. The molecule has 0 spiro atoms. The van der Waals surface area contributed by atoms with E-state index in [1.807, 2.05) is 4.90 Å². The summed E-state index contributed by atoms with van der Waals surface area (Å²) in [6.07, 6.45) is 8.07. The van der Waals surface area contributed by atoms with Gasteiger partial charge in [-0.15, -0.1) is 6.42 Å². The number of nitrogens with zero attached hydrogens (tertiary/aromatic N) is 9. The molecule has 414 valence electrons. The zero-order valence-electron chi connectivity index (χ0n) is 43.9. The van der Waals surface area contributed by atoms with Gasteiger partial charge in [0, 0.05) is 78.4 Å². The number of halogens is 4. The molecule has 22 heteroatoms. The van der Waals surface area contributed by atoms with Crippen molar-refractivity contribution in [1.29, 1.82) is 0 Å². The molecule has 2 bridgehead atoms. The predicted molar refractivity (Wildman–Crippen MR) is 288 cm³/mol. The van der Waals surface area contributed by atoms with E-state index < -0.39 is 77.0 Å². The molecule has 4 aromatic heterocycles. The quantitative estimate of drug-likeness (QED) is 0.0596. The van der Waals surface area contributed by atoms with Crippen molar-refractivity contribution in [3.8, 4) is 46.7 Å². The molecule has 6 aliphatic heterocycles. The monoisotopic (exact) mass is 1110 g/mol. The number of cyclic esters (lactones) is 1. The number of carbonyl (C=O) groups excluding carboxylic acids is 3. The number of aliphatic hydroxyl groups is 1. The number of esters is 1. The Labute approximate surface area is 459 Å². The van der Waals surface area contributed by atoms with Crippen LogP contribution in [0.1, 0.15) is 67.7 Å². The predicted octanol–water partition coefficient (Wildman–Crippen LogP) is 7.31. The van der Waals surface area contributed by atoms with Gasteiger partial charge in [-0.05, 0) is 80.4 Å². The van der Waals surface area contributed by atoms with Crippen LogP contribution < -0.4 is 20.1 Å². The van der Waals surface area contributed by atoms with Crippen LogP contribution in [0, 0.1) is 29.8 Å². The summed E-state index contributed by atoms with van der Waals surface area (Å²) in [6, 6.07) is 10.1. The fourth-order valence-electron chi connectivity index (χ4n) is 13.2. The molecule has 0 aliphatic carbocycles. The zero-order chi connectivity index (χ0) is 56.6. The topological polar surface area (TPSA) is 206 Å². The summed E-state index contributed by atoms with van der Waals surface area (Å²) in [4.78, 5) is 79.4. The Bertz CT molecular complexity index is 4050. The summed E-state index contributed by atoms with van der Waals surface area (Å²) in [5, 5.41) is 23.1. The number of fused-ring (bicyclic) bond motifs is 10. The smallest absolute Gasteiger partial charge is 0.414 e. The van der Waals surface area contributed by atoms with E-state index in [0.29, 0.717) is 53.5 Å². The highest BCUT2D eigenvalue weighted by Crippen LogP contribution is 2.44. The third kappa shape index (κ3) is 8.13. The normalized spacial score (nSPS) is 22.6. The van der Waals surface area contributed by atoms with Crippen molar-refractivity contribution in [3.05, 3.63) is 117 Å². The van der Waals surface area contributed by atoms with Crippen molar-refractivity contribution < 1.29 is 56.4 Å². The van der Waals surface area contributed by atoms with E-state index in [1.54, 1.807) is 24.0 Å². The Morgan fingerprint density at radius 1 is 1.00 bits per heavy atom. The van der Waals surface area contributed by atoms with Gasteiger partial charge in [-0.25, -0.2) is 32.1 Å². The number of phenolic OH excluding ortho intramolecular Hbond substituents is 1. The van der Waals surface area contributed by atoms with Crippen LogP contribution in [0.4, 0.5) is 33.9 Å². The summed E-state index contributed by atoms with van der Waals surface area (Å²) in [5.41, 5.74) is -1.97. The number of piperazine rings is 1. The van der Waals surface area contributed by atoms with E-state index in [1.165, 1.54) is 42.1 Å². The minimum Gasteiger partial charge on any atom is -0.508 e. The van der Waals surface area contributed by atoms with Gasteiger partial charge in [-0.3, -0.25) is 24.4 Å². The Morgan fingerprint density at radius 3 is 2.56 bits per heavy atom. The number of amides is 2. The van der Waals surface area contributed by atoms with E-state index in [0.717, 1.165) is 23.5 Å². The average Bonchev–Trinajstić information content (AvgIpc) is 4.40. The molecule has 10 heterocycles. The first-order valence-corrected chi connectivity index (χ1v) is 26.6. The molecule has 7 aromatic rings. The van der Waals surface area contributed by atoms with Gasteiger partial charge in [0.1, 0.15) is 60.4 Å². The maximum absolute atomic E-state index is 17.4. The molecule has 2 N–H and O–H groups in total. The number of carbonyl (C=O) groups is 3. The lowest BCUT2D eigenvalue weighted by Crippen LogP contribution is -2.56. The maximum Gasteiger partial charge on any atom is 0.414 e. The van der Waals surface area contributed by atoms with Gasteiger partial charge in [-0.2, -0.15) is 9.97 Å². The van der Waals surface area contributed by atoms with Gasteiger partial charge in [0.2, 0.25) is 0 Å². The van der Waals surface area contributed by atoms with Gasteiger partial charge in [0.15, 0.2) is 11.4 Å². The average molecular weight is 1110 g/mol. The lowest BCUT2D eigenvalue weighted by atomic mass is 9.86. The van der Waals surface area contributed by atoms with Crippen LogP contribution in [0.15, 0.2) is 71.7 Å². The Balaban J connectivity index is 0.734. The largest absolute Gasteiger partial charge is 0.508 e. The summed E-state index contributed by atoms with van der Waals surface area (Å²) in [7, 11) is 1.31.